The molecule has 78 valence electrons. The van der Waals surface area contributed by atoms with Gasteiger partial charge >= 0.3 is 0 Å². The number of aryl methyl sites for hydroxylation is 1. The van der Waals surface area contributed by atoms with E-state index in [0.29, 0.717) is 0 Å². The van der Waals surface area contributed by atoms with Gasteiger partial charge in [-0.05, 0) is 29.5 Å². The highest BCUT2D eigenvalue weighted by atomic mass is 14.8. The van der Waals surface area contributed by atoms with Gasteiger partial charge in [0.05, 0.1) is 0 Å². The summed E-state index contributed by atoms with van der Waals surface area (Å²) in [5.41, 5.74) is 5.12. The Morgan fingerprint density at radius 2 is 1.81 bits per heavy atom. The summed E-state index contributed by atoms with van der Waals surface area (Å²) in [7, 11) is 0. The zero-order valence-corrected chi connectivity index (χ0v) is 8.93. The molecule has 0 unspecified atom stereocenters. The number of benzene rings is 1. The highest BCUT2D eigenvalue weighted by Crippen LogP contribution is 2.30. The van der Waals surface area contributed by atoms with Gasteiger partial charge in [-0.1, -0.05) is 30.3 Å². The Labute approximate surface area is 94.7 Å². The number of hydrogen-bond acceptors (Lipinski definition) is 2. The fourth-order valence-corrected chi connectivity index (χ4v) is 2.19. The van der Waals surface area contributed by atoms with E-state index in [-0.39, 0.29) is 0 Å². The summed E-state index contributed by atoms with van der Waals surface area (Å²) in [5.74, 6) is 0. The van der Waals surface area contributed by atoms with Gasteiger partial charge in [-0.2, -0.15) is 0 Å². The Balaban J connectivity index is 2.13. The first-order valence-electron chi connectivity index (χ1n) is 5.49. The Morgan fingerprint density at radius 1 is 1.00 bits per heavy atom. The minimum Gasteiger partial charge on any atom is -0.244 e. The van der Waals surface area contributed by atoms with Crippen molar-refractivity contribution in [2.75, 3.05) is 0 Å². The molecule has 0 fully saturated rings. The molecule has 0 saturated carbocycles. The van der Waals surface area contributed by atoms with E-state index in [2.05, 4.69) is 40.3 Å². The number of fused-ring (bicyclic) bond motifs is 1. The van der Waals surface area contributed by atoms with Crippen LogP contribution in [0.4, 0.5) is 0 Å². The van der Waals surface area contributed by atoms with Gasteiger partial charge in [-0.25, -0.2) is 9.97 Å². The lowest BCUT2D eigenvalue weighted by Gasteiger charge is -2.17. The van der Waals surface area contributed by atoms with Crippen molar-refractivity contribution >= 4 is 5.57 Å². The molecule has 0 N–H and O–H groups in total. The minimum atomic E-state index is 1.10. The molecule has 0 saturated heterocycles. The first kappa shape index (κ1) is 9.28. The van der Waals surface area contributed by atoms with E-state index in [4.69, 9.17) is 0 Å². The molecule has 1 aromatic carbocycles. The number of hydrogen-bond donors (Lipinski definition) is 0. The summed E-state index contributed by atoms with van der Waals surface area (Å²) in [6.07, 6.45) is 9.83. The number of rotatable bonds is 1. The predicted octanol–water partition coefficient (Wildman–Crippen LogP) is 2.85. The molecule has 0 atom stereocenters. The average Bonchev–Trinajstić information content (AvgIpc) is 2.39. The molecule has 16 heavy (non-hydrogen) atoms. The summed E-state index contributed by atoms with van der Waals surface area (Å²) in [5, 5.41) is 0. The third-order valence-electron chi connectivity index (χ3n) is 2.94. The van der Waals surface area contributed by atoms with Crippen LogP contribution in [0, 0.1) is 0 Å². The van der Waals surface area contributed by atoms with Gasteiger partial charge in [-0.15, -0.1) is 0 Å². The van der Waals surface area contributed by atoms with Crippen molar-refractivity contribution < 1.29 is 0 Å². The minimum absolute atomic E-state index is 1.10. The van der Waals surface area contributed by atoms with Gasteiger partial charge in [0.1, 0.15) is 6.33 Å². The van der Waals surface area contributed by atoms with Crippen LogP contribution in [0.3, 0.4) is 0 Å². The molecule has 1 aromatic heterocycles. The monoisotopic (exact) mass is 208 g/mol. The maximum absolute atomic E-state index is 4.08. The van der Waals surface area contributed by atoms with Gasteiger partial charge in [0.2, 0.25) is 0 Å². The van der Waals surface area contributed by atoms with Crippen molar-refractivity contribution in [3.05, 3.63) is 65.8 Å². The summed E-state index contributed by atoms with van der Waals surface area (Å²) in [4.78, 5) is 8.16. The second kappa shape index (κ2) is 3.89. The molecule has 0 aliphatic heterocycles. The molecular formula is C14H12N2. The number of nitrogens with zero attached hydrogens (tertiary/aromatic N) is 2. The molecule has 1 aliphatic carbocycles. The highest BCUT2D eigenvalue weighted by Gasteiger charge is 2.13. The van der Waals surface area contributed by atoms with Crippen LogP contribution in [-0.4, -0.2) is 9.97 Å². The van der Waals surface area contributed by atoms with Crippen LogP contribution in [0.5, 0.6) is 0 Å². The first-order valence-corrected chi connectivity index (χ1v) is 5.49. The summed E-state index contributed by atoms with van der Waals surface area (Å²) in [6.45, 7) is 0. The molecule has 3 rings (SSSR count). The third kappa shape index (κ3) is 1.52. The number of allylic oxidation sites excluding steroid dienone is 1. The highest BCUT2D eigenvalue weighted by molar-refractivity contribution is 5.81. The van der Waals surface area contributed by atoms with E-state index in [1.165, 1.54) is 16.7 Å². The first-order chi connectivity index (χ1) is 7.95. The summed E-state index contributed by atoms with van der Waals surface area (Å²) in [6, 6.07) is 8.56. The fourth-order valence-electron chi connectivity index (χ4n) is 2.19. The van der Waals surface area contributed by atoms with Gasteiger partial charge in [0.25, 0.3) is 0 Å². The van der Waals surface area contributed by atoms with Crippen LogP contribution >= 0.6 is 0 Å². The van der Waals surface area contributed by atoms with E-state index in [9.17, 15) is 0 Å². The zero-order valence-electron chi connectivity index (χ0n) is 8.93. The van der Waals surface area contributed by atoms with Gasteiger partial charge in [0, 0.05) is 18.0 Å². The Kier molecular flexibility index (Phi) is 2.26. The van der Waals surface area contributed by atoms with E-state index in [1.807, 2.05) is 12.4 Å². The normalized spacial score (nSPS) is 14.1. The molecule has 2 heteroatoms. The van der Waals surface area contributed by atoms with E-state index >= 15 is 0 Å². The molecule has 0 bridgehead atoms. The SMILES string of the molecule is C1=C(c2cncnc2)c2ccccc2CC1. The number of aromatic nitrogens is 2. The van der Waals surface area contributed by atoms with Crippen molar-refractivity contribution in [2.45, 2.75) is 12.8 Å². The molecule has 1 heterocycles. The summed E-state index contributed by atoms with van der Waals surface area (Å²) < 4.78 is 0. The van der Waals surface area contributed by atoms with Crippen LogP contribution in [-0.2, 0) is 6.42 Å². The fraction of sp³-hybridized carbons (Fsp3) is 0.143. The average molecular weight is 208 g/mol. The lowest BCUT2D eigenvalue weighted by atomic mass is 9.88. The molecule has 0 spiro atoms. The third-order valence-corrected chi connectivity index (χ3v) is 2.94. The largest absolute Gasteiger partial charge is 0.244 e. The lowest BCUT2D eigenvalue weighted by molar-refractivity contribution is 0.976. The molecule has 2 aromatic rings. The van der Waals surface area contributed by atoms with Crippen molar-refractivity contribution in [1.82, 2.24) is 9.97 Å². The maximum Gasteiger partial charge on any atom is 0.115 e. The van der Waals surface area contributed by atoms with Gasteiger partial charge in [0.15, 0.2) is 0 Å². The van der Waals surface area contributed by atoms with Crippen LogP contribution in [0.1, 0.15) is 23.1 Å². The quantitative estimate of drug-likeness (QED) is 0.720. The van der Waals surface area contributed by atoms with Crippen molar-refractivity contribution in [2.24, 2.45) is 0 Å². The molecule has 1 aliphatic rings. The maximum atomic E-state index is 4.08. The van der Waals surface area contributed by atoms with Crippen molar-refractivity contribution in [3.63, 3.8) is 0 Å². The van der Waals surface area contributed by atoms with Crippen LogP contribution in [0.25, 0.3) is 5.57 Å². The van der Waals surface area contributed by atoms with E-state index in [1.54, 1.807) is 6.33 Å². The van der Waals surface area contributed by atoms with Crippen LogP contribution < -0.4 is 0 Å². The smallest absolute Gasteiger partial charge is 0.115 e. The predicted molar refractivity (Wildman–Crippen MR) is 63.9 cm³/mol. The van der Waals surface area contributed by atoms with Gasteiger partial charge in [-0.3, -0.25) is 0 Å². The van der Waals surface area contributed by atoms with E-state index in [0.717, 1.165) is 18.4 Å². The second-order valence-corrected chi connectivity index (χ2v) is 3.94. The Hall–Kier alpha value is -1.96. The molecular weight excluding hydrogens is 196 g/mol. The molecule has 0 radical (unpaired) electrons. The summed E-state index contributed by atoms with van der Waals surface area (Å²) >= 11 is 0. The lowest BCUT2D eigenvalue weighted by Crippen LogP contribution is -2.01. The van der Waals surface area contributed by atoms with Crippen LogP contribution in [0.2, 0.25) is 0 Å². The standard InChI is InChI=1S/C14H12N2/c1-2-6-13-11(4-1)5-3-7-14(13)12-8-15-10-16-9-12/h1-2,4,6-10H,3,5H2. The topological polar surface area (TPSA) is 25.8 Å². The van der Waals surface area contributed by atoms with Gasteiger partial charge < -0.3 is 0 Å². The Morgan fingerprint density at radius 3 is 2.69 bits per heavy atom. The Bertz CT molecular complexity index is 529. The van der Waals surface area contributed by atoms with E-state index < -0.39 is 0 Å². The van der Waals surface area contributed by atoms with Crippen molar-refractivity contribution in [1.29, 1.82) is 0 Å². The zero-order chi connectivity index (χ0) is 10.8. The molecule has 0 amide bonds. The van der Waals surface area contributed by atoms with Crippen molar-refractivity contribution in [3.8, 4) is 0 Å². The second-order valence-electron chi connectivity index (χ2n) is 3.94. The van der Waals surface area contributed by atoms with Crippen LogP contribution in [0.15, 0.2) is 49.1 Å². The molecule has 2 nitrogen and oxygen atoms in total.